The first-order valence-corrected chi connectivity index (χ1v) is 17.8. The van der Waals surface area contributed by atoms with Crippen LogP contribution in [0.1, 0.15) is 17.8 Å². The van der Waals surface area contributed by atoms with Gasteiger partial charge in [0, 0.05) is 34.8 Å². The molecule has 0 unspecified atom stereocenters. The van der Waals surface area contributed by atoms with Gasteiger partial charge in [-0.05, 0) is 35.4 Å². The Kier molecular flexibility index (Phi) is 9.39. The molecule has 42 heavy (non-hydrogen) atoms. The second kappa shape index (κ2) is 12.5. The SMILES string of the molecule is O=S(=O)([O-])CCCN1/C(=C/c2sc3ccc4ccccc4c3[n+]2CCCS(=O)(=O)[O-])Sc2ccc3ccccc3c21.[Na+]. The fourth-order valence-corrected chi connectivity index (χ4v) is 8.63. The molecule has 4 aromatic carbocycles. The molecule has 8 nitrogen and oxygen atoms in total. The standard InChI is InChI=1S/C29H26N2O6S4.Na/c32-40(33,34)17-5-15-30-26(38-24-13-11-20-7-1-3-9-22(20)28(24)30)19-27-31(16-6-18-41(35,36)37)29-23-10-4-2-8-21(23)12-14-25(29)39-27;/h1-4,7-14,19H,5-6,15-18H2,(H-,32,33,34,35,36,37);/q;+1/p-1. The summed E-state index contributed by atoms with van der Waals surface area (Å²) in [5, 5.41) is 5.92. The maximum atomic E-state index is 11.4. The summed E-state index contributed by atoms with van der Waals surface area (Å²) in [5.74, 6) is -0.916. The number of rotatable bonds is 9. The maximum absolute atomic E-state index is 11.4. The van der Waals surface area contributed by atoms with Crippen molar-refractivity contribution in [2.45, 2.75) is 24.3 Å². The number of hydrogen-bond donors (Lipinski definition) is 0. The first-order valence-electron chi connectivity index (χ1n) is 13.0. The van der Waals surface area contributed by atoms with E-state index >= 15 is 0 Å². The minimum absolute atomic E-state index is 0. The number of thiazole rings is 1. The van der Waals surface area contributed by atoms with Crippen molar-refractivity contribution < 1.29 is 60.1 Å². The van der Waals surface area contributed by atoms with Crippen LogP contribution < -0.4 is 39.0 Å². The van der Waals surface area contributed by atoms with Crippen LogP contribution in [0.4, 0.5) is 5.69 Å². The molecule has 6 rings (SSSR count). The average Bonchev–Trinajstić information content (AvgIpc) is 3.45. The third-order valence-electron chi connectivity index (χ3n) is 7.03. The van der Waals surface area contributed by atoms with Crippen LogP contribution >= 0.6 is 23.1 Å². The van der Waals surface area contributed by atoms with Gasteiger partial charge in [-0.25, -0.2) is 16.8 Å². The molecule has 1 aromatic heterocycles. The molecule has 13 heteroatoms. The predicted octanol–water partition coefficient (Wildman–Crippen LogP) is 2.28. The number of fused-ring (bicyclic) bond motifs is 6. The Labute approximate surface area is 274 Å². The Balaban J connectivity index is 0.00000353. The molecule has 0 aliphatic carbocycles. The van der Waals surface area contributed by atoms with E-state index in [4.69, 9.17) is 0 Å². The van der Waals surface area contributed by atoms with Gasteiger partial charge in [0.1, 0.15) is 4.70 Å². The topological polar surface area (TPSA) is 122 Å². The van der Waals surface area contributed by atoms with Crippen molar-refractivity contribution in [2.75, 3.05) is 23.0 Å². The normalized spacial score (nSPS) is 14.6. The Bertz CT molecular complexity index is 2060. The smallest absolute Gasteiger partial charge is 0.748 e. The van der Waals surface area contributed by atoms with E-state index in [2.05, 4.69) is 21.6 Å². The Morgan fingerprint density at radius 3 is 2.12 bits per heavy atom. The number of hydrogen-bond acceptors (Lipinski definition) is 9. The van der Waals surface area contributed by atoms with Crippen LogP contribution in [0.25, 0.3) is 37.8 Å². The fraction of sp³-hybridized carbons (Fsp3) is 0.207. The number of aromatic nitrogens is 1. The average molecular weight is 649 g/mol. The van der Waals surface area contributed by atoms with Gasteiger partial charge in [0.05, 0.1) is 42.4 Å². The first-order chi connectivity index (χ1) is 19.6. The van der Waals surface area contributed by atoms with E-state index in [1.165, 1.54) is 0 Å². The van der Waals surface area contributed by atoms with Crippen molar-refractivity contribution in [3.8, 4) is 0 Å². The van der Waals surface area contributed by atoms with Gasteiger partial charge < -0.3 is 14.0 Å². The number of aryl methyl sites for hydroxylation is 1. The predicted molar refractivity (Wildman–Crippen MR) is 163 cm³/mol. The number of benzene rings is 4. The molecule has 0 amide bonds. The molecule has 0 saturated carbocycles. The van der Waals surface area contributed by atoms with Crippen molar-refractivity contribution in [2.24, 2.45) is 0 Å². The first kappa shape index (κ1) is 31.4. The van der Waals surface area contributed by atoms with E-state index < -0.39 is 31.7 Å². The van der Waals surface area contributed by atoms with E-state index in [9.17, 15) is 25.9 Å². The third kappa shape index (κ3) is 6.72. The Morgan fingerprint density at radius 2 is 1.40 bits per heavy atom. The Hall–Kier alpha value is -2.00. The maximum Gasteiger partial charge on any atom is 1.00 e. The number of thioether (sulfide) groups is 1. The summed E-state index contributed by atoms with van der Waals surface area (Å²) < 4.78 is 71.5. The molecule has 0 spiro atoms. The van der Waals surface area contributed by atoms with Crippen molar-refractivity contribution in [3.63, 3.8) is 0 Å². The number of nitrogens with zero attached hydrogens (tertiary/aromatic N) is 2. The van der Waals surface area contributed by atoms with Crippen LogP contribution in [0.3, 0.4) is 0 Å². The summed E-state index contributed by atoms with van der Waals surface area (Å²) >= 11 is 3.14. The summed E-state index contributed by atoms with van der Waals surface area (Å²) in [6.45, 7) is 0.674. The molecule has 1 aliphatic heterocycles. The van der Waals surface area contributed by atoms with Crippen LogP contribution in [-0.2, 0) is 26.8 Å². The van der Waals surface area contributed by atoms with Gasteiger partial charge in [-0.2, -0.15) is 4.57 Å². The molecule has 0 saturated heterocycles. The summed E-state index contributed by atoms with van der Waals surface area (Å²) in [6, 6.07) is 24.2. The molecule has 2 heterocycles. The van der Waals surface area contributed by atoms with E-state index in [0.717, 1.165) is 52.4 Å². The summed E-state index contributed by atoms with van der Waals surface area (Å²) in [7, 11) is -8.72. The van der Waals surface area contributed by atoms with E-state index in [0.29, 0.717) is 13.1 Å². The van der Waals surface area contributed by atoms with E-state index in [1.54, 1.807) is 23.1 Å². The molecule has 0 fully saturated rings. The van der Waals surface area contributed by atoms with E-state index in [-0.39, 0.29) is 42.4 Å². The van der Waals surface area contributed by atoms with Gasteiger partial charge in [0.2, 0.25) is 5.52 Å². The van der Waals surface area contributed by atoms with Gasteiger partial charge in [0.15, 0.2) is 6.54 Å². The third-order valence-corrected chi connectivity index (χ3v) is 10.8. The molecule has 0 atom stereocenters. The van der Waals surface area contributed by atoms with Gasteiger partial charge >= 0.3 is 29.6 Å². The van der Waals surface area contributed by atoms with Crippen LogP contribution in [0.2, 0.25) is 0 Å². The minimum atomic E-state index is -4.36. The van der Waals surface area contributed by atoms with E-state index in [1.807, 2.05) is 66.7 Å². The summed E-state index contributed by atoms with van der Waals surface area (Å²) in [5.41, 5.74) is 1.94. The fourth-order valence-electron chi connectivity index (χ4n) is 5.31. The van der Waals surface area contributed by atoms with Gasteiger partial charge in [0.25, 0.3) is 5.01 Å². The quantitative estimate of drug-likeness (QED) is 0.136. The Morgan fingerprint density at radius 1 is 0.786 bits per heavy atom. The van der Waals surface area contributed by atoms with Crippen molar-refractivity contribution in [3.05, 3.63) is 82.8 Å². The number of anilines is 1. The monoisotopic (exact) mass is 648 g/mol. The van der Waals surface area contributed by atoms with Crippen molar-refractivity contribution >= 4 is 86.9 Å². The molecule has 0 radical (unpaired) electrons. The van der Waals surface area contributed by atoms with Crippen LogP contribution in [0.15, 0.2) is 82.7 Å². The molecule has 0 bridgehead atoms. The molecular weight excluding hydrogens is 624 g/mol. The second-order valence-electron chi connectivity index (χ2n) is 9.83. The zero-order valence-corrected chi connectivity index (χ0v) is 28.0. The largest absolute Gasteiger partial charge is 1.00 e. The molecule has 1 aliphatic rings. The summed E-state index contributed by atoms with van der Waals surface area (Å²) in [4.78, 5) is 3.10. The zero-order chi connectivity index (χ0) is 28.8. The summed E-state index contributed by atoms with van der Waals surface area (Å²) in [6.07, 6.45) is 2.38. The van der Waals surface area contributed by atoms with Crippen LogP contribution in [0, 0.1) is 0 Å². The van der Waals surface area contributed by atoms with Crippen LogP contribution in [0.5, 0.6) is 0 Å². The van der Waals surface area contributed by atoms with Crippen molar-refractivity contribution in [1.29, 1.82) is 0 Å². The van der Waals surface area contributed by atoms with Gasteiger partial charge in [-0.15, -0.1) is 0 Å². The molecule has 5 aromatic rings. The van der Waals surface area contributed by atoms with Crippen molar-refractivity contribution in [1.82, 2.24) is 0 Å². The van der Waals surface area contributed by atoms with Gasteiger partial charge in [-0.1, -0.05) is 77.7 Å². The van der Waals surface area contributed by atoms with Crippen LogP contribution in [-0.4, -0.2) is 44.0 Å². The second-order valence-corrected chi connectivity index (χ2v) is 15.0. The minimum Gasteiger partial charge on any atom is -0.748 e. The molecular formula is C29H25N2NaO6S4. The van der Waals surface area contributed by atoms with Gasteiger partial charge in [-0.3, -0.25) is 0 Å². The molecule has 212 valence electrons. The zero-order valence-electron chi connectivity index (χ0n) is 22.7. The molecule has 0 N–H and O–H groups in total.